The van der Waals surface area contributed by atoms with Crippen molar-refractivity contribution in [2.45, 2.75) is 51.9 Å². The molecule has 0 aliphatic rings. The number of esters is 1. The van der Waals surface area contributed by atoms with Gasteiger partial charge in [0, 0.05) is 0 Å². The number of carbonyl (C=O) groups excluding carboxylic acids is 1. The van der Waals surface area contributed by atoms with Gasteiger partial charge in [-0.3, -0.25) is 9.59 Å². The van der Waals surface area contributed by atoms with Crippen LogP contribution in [0.4, 0.5) is 0 Å². The summed E-state index contributed by atoms with van der Waals surface area (Å²) < 4.78 is 4.72. The molecule has 0 spiro atoms. The molecule has 6 heteroatoms. The molecule has 0 saturated heterocycles. The Morgan fingerprint density at radius 2 is 1.78 bits per heavy atom. The second-order valence-corrected chi connectivity index (χ2v) is 3.60. The first-order valence-corrected chi connectivity index (χ1v) is 5.73. The van der Waals surface area contributed by atoms with Gasteiger partial charge in [0.15, 0.2) is 0 Å². The molecular weight excluding hydrogens is 254 g/mol. The van der Waals surface area contributed by atoms with Crippen molar-refractivity contribution < 1.29 is 19.4 Å². The zero-order chi connectivity index (χ0) is 12.2. The van der Waals surface area contributed by atoms with E-state index in [9.17, 15) is 9.59 Å². The molecule has 0 aliphatic heterocycles. The molecule has 0 unspecified atom stereocenters. The first kappa shape index (κ1) is 23.7. The van der Waals surface area contributed by atoms with Gasteiger partial charge in [-0.15, -0.1) is 0 Å². The van der Waals surface area contributed by atoms with Gasteiger partial charge in [0.25, 0.3) is 0 Å². The number of carbonyl (C=O) groups is 2. The van der Waals surface area contributed by atoms with Crippen LogP contribution in [0.2, 0.25) is 0 Å². The molecule has 1 N–H and O–H groups in total. The predicted molar refractivity (Wildman–Crippen MR) is 75.2 cm³/mol. The summed E-state index contributed by atoms with van der Waals surface area (Å²) in [4.78, 5) is 21.1. The Hall–Kier alpha value is 0.680. The van der Waals surface area contributed by atoms with Crippen LogP contribution in [-0.2, 0) is 14.3 Å². The molecule has 0 heterocycles. The number of aliphatic carboxylic acids is 1. The molecule has 0 fully saturated rings. The van der Waals surface area contributed by atoms with E-state index in [1.54, 1.807) is 6.08 Å². The number of hydrogen-bond donors (Lipinski definition) is 1. The topological polar surface area (TPSA) is 63.6 Å². The number of carboxylic acids is 1. The van der Waals surface area contributed by atoms with Crippen LogP contribution in [0, 0.1) is 0 Å². The van der Waals surface area contributed by atoms with Crippen LogP contribution in [0.5, 0.6) is 0 Å². The molecule has 0 saturated carbocycles. The van der Waals surface area contributed by atoms with Crippen LogP contribution in [0.1, 0.15) is 51.9 Å². The van der Waals surface area contributed by atoms with Crippen molar-refractivity contribution in [2.75, 3.05) is 0 Å². The summed E-state index contributed by atoms with van der Waals surface area (Å²) in [6, 6.07) is 0. The second-order valence-electron chi connectivity index (χ2n) is 3.60. The summed E-state index contributed by atoms with van der Waals surface area (Å²) >= 11 is 0. The van der Waals surface area contributed by atoms with E-state index < -0.39 is 11.9 Å². The second kappa shape index (κ2) is 17.7. The number of unbranched alkanes of at least 4 members (excludes halogenated alkanes) is 4. The van der Waals surface area contributed by atoms with Crippen LogP contribution >= 0.6 is 0 Å². The quantitative estimate of drug-likeness (QED) is 0.300. The molecule has 18 heavy (non-hydrogen) atoms. The molecule has 0 rings (SSSR count). The summed E-state index contributed by atoms with van der Waals surface area (Å²) in [6.07, 6.45) is 8.51. The van der Waals surface area contributed by atoms with Gasteiger partial charge in [-0.1, -0.05) is 26.2 Å². The Labute approximate surface area is 153 Å². The van der Waals surface area contributed by atoms with E-state index in [-0.39, 0.29) is 72.0 Å². The van der Waals surface area contributed by atoms with Gasteiger partial charge in [-0.25, -0.2) is 0 Å². The molecule has 0 aromatic carbocycles. The fourth-order valence-corrected chi connectivity index (χ4v) is 1.15. The molecule has 96 valence electrons. The number of allylic oxidation sites excluding steroid dienone is 1. The zero-order valence-corrected chi connectivity index (χ0v) is 9.78. The van der Waals surface area contributed by atoms with Crippen molar-refractivity contribution in [3.63, 3.8) is 0 Å². The third-order valence-corrected chi connectivity index (χ3v) is 2.06. The van der Waals surface area contributed by atoms with Gasteiger partial charge in [-0.2, -0.15) is 0 Å². The van der Waals surface area contributed by atoms with E-state index in [4.69, 9.17) is 9.84 Å². The summed E-state index contributed by atoms with van der Waals surface area (Å²) in [7, 11) is 0. The predicted octanol–water partition coefficient (Wildman–Crippen LogP) is 1.58. The number of carboxylic acid groups (broad SMARTS) is 1. The van der Waals surface area contributed by atoms with Crippen molar-refractivity contribution in [3.05, 3.63) is 12.3 Å². The van der Waals surface area contributed by atoms with Crippen molar-refractivity contribution in [1.29, 1.82) is 0 Å². The minimum atomic E-state index is -0.986. The molecule has 0 aromatic rings. The standard InChI is InChI=1S/C12H20O4.2Na.2H/c1-2-3-4-5-6-7-10-16-12(15)9-8-11(13)14;;;;/h7,10H,2-6,8-9H2,1H3,(H,13,14);;;;. The summed E-state index contributed by atoms with van der Waals surface area (Å²) in [6.45, 7) is 2.15. The molecule has 0 amide bonds. The van der Waals surface area contributed by atoms with E-state index in [1.165, 1.54) is 25.5 Å². The number of ether oxygens (including phenoxy) is 1. The molecule has 0 radical (unpaired) electrons. The maximum atomic E-state index is 10.9. The first-order valence-electron chi connectivity index (χ1n) is 5.73. The molecular formula is C12H22Na2O4. The van der Waals surface area contributed by atoms with E-state index >= 15 is 0 Å². The van der Waals surface area contributed by atoms with Gasteiger partial charge in [0.2, 0.25) is 0 Å². The fraction of sp³-hybridized carbons (Fsp3) is 0.667. The van der Waals surface area contributed by atoms with Crippen LogP contribution in [-0.4, -0.2) is 76.2 Å². The zero-order valence-electron chi connectivity index (χ0n) is 9.78. The van der Waals surface area contributed by atoms with E-state index in [1.807, 2.05) is 0 Å². The molecule has 0 atom stereocenters. The Morgan fingerprint density at radius 1 is 1.11 bits per heavy atom. The van der Waals surface area contributed by atoms with Crippen molar-refractivity contribution in [2.24, 2.45) is 0 Å². The third kappa shape index (κ3) is 19.0. The van der Waals surface area contributed by atoms with Crippen molar-refractivity contribution in [3.8, 4) is 0 Å². The van der Waals surface area contributed by atoms with E-state index in [0.29, 0.717) is 0 Å². The summed E-state index contributed by atoms with van der Waals surface area (Å²) in [5, 5.41) is 8.33. The van der Waals surface area contributed by atoms with Crippen LogP contribution in [0.25, 0.3) is 0 Å². The van der Waals surface area contributed by atoms with Crippen LogP contribution in [0.3, 0.4) is 0 Å². The maximum absolute atomic E-state index is 10.9. The van der Waals surface area contributed by atoms with E-state index in [0.717, 1.165) is 12.8 Å². The van der Waals surface area contributed by atoms with Gasteiger partial charge in [-0.05, 0) is 18.9 Å². The van der Waals surface area contributed by atoms with Crippen LogP contribution < -0.4 is 0 Å². The van der Waals surface area contributed by atoms with E-state index in [2.05, 4.69) is 6.92 Å². The minimum absolute atomic E-state index is 0. The molecule has 0 bridgehead atoms. The monoisotopic (exact) mass is 276 g/mol. The summed E-state index contributed by atoms with van der Waals surface area (Å²) in [5.41, 5.74) is 0. The van der Waals surface area contributed by atoms with Gasteiger partial charge >= 0.3 is 71.1 Å². The Balaban J connectivity index is -0.00000112. The number of hydrogen-bond acceptors (Lipinski definition) is 3. The Morgan fingerprint density at radius 3 is 2.33 bits per heavy atom. The third-order valence-electron chi connectivity index (χ3n) is 2.06. The molecule has 0 aliphatic carbocycles. The number of rotatable bonds is 9. The van der Waals surface area contributed by atoms with Gasteiger partial charge in [0.1, 0.15) is 0 Å². The molecule has 0 aromatic heterocycles. The first-order chi connectivity index (χ1) is 7.66. The fourth-order valence-electron chi connectivity index (χ4n) is 1.15. The van der Waals surface area contributed by atoms with Crippen molar-refractivity contribution >= 4 is 71.1 Å². The Kier molecular flexibility index (Phi) is 23.3. The molecule has 4 nitrogen and oxygen atoms in total. The van der Waals surface area contributed by atoms with Crippen LogP contribution in [0.15, 0.2) is 12.3 Å². The van der Waals surface area contributed by atoms with Gasteiger partial charge < -0.3 is 9.84 Å². The summed E-state index contributed by atoms with van der Waals surface area (Å²) in [5.74, 6) is -1.48. The van der Waals surface area contributed by atoms with Crippen molar-refractivity contribution in [1.82, 2.24) is 0 Å². The SMILES string of the molecule is CCCCCCC=COC(=O)CCC(=O)O.[NaH].[NaH]. The Bertz CT molecular complexity index is 242. The average Bonchev–Trinajstić information content (AvgIpc) is 2.25. The normalized spacial score (nSPS) is 9.39. The van der Waals surface area contributed by atoms with Gasteiger partial charge in [0.05, 0.1) is 19.1 Å². The average molecular weight is 276 g/mol.